The molecule has 0 spiro atoms. The number of aliphatic hydroxyl groups excluding tert-OH is 1. The van der Waals surface area contributed by atoms with Crippen LogP contribution in [0.4, 0.5) is 10.6 Å². The second kappa shape index (κ2) is 6.72. The zero-order chi connectivity index (χ0) is 14.4. The van der Waals surface area contributed by atoms with E-state index < -0.39 is 0 Å². The van der Waals surface area contributed by atoms with Gasteiger partial charge in [0, 0.05) is 24.7 Å². The van der Waals surface area contributed by atoms with Gasteiger partial charge in [-0.15, -0.1) is 0 Å². The van der Waals surface area contributed by atoms with Crippen molar-refractivity contribution in [1.82, 2.24) is 10.1 Å². The second-order valence-electron chi connectivity index (χ2n) is 4.18. The predicted molar refractivity (Wildman–Crippen MR) is 75.3 cm³/mol. The van der Waals surface area contributed by atoms with E-state index in [1.807, 2.05) is 37.3 Å². The first kappa shape index (κ1) is 14.1. The third kappa shape index (κ3) is 3.36. The average Bonchev–Trinajstić information content (AvgIpc) is 2.94. The standard InChI is InChI=1S/C14H17N3O3/c1-2-17(8-9-18)14(19)15-13-10-12(20-16-13)11-6-4-3-5-7-11/h3-7,10,18H,2,8-9H2,1H3,(H,15,16,19). The van der Waals surface area contributed by atoms with Crippen molar-refractivity contribution in [1.29, 1.82) is 0 Å². The molecule has 2 rings (SSSR count). The number of likely N-dealkylation sites (N-methyl/N-ethyl adjacent to an activating group) is 1. The normalized spacial score (nSPS) is 10.3. The van der Waals surface area contributed by atoms with Gasteiger partial charge in [0.05, 0.1) is 6.61 Å². The number of nitrogens with zero attached hydrogens (tertiary/aromatic N) is 2. The number of hydrogen-bond donors (Lipinski definition) is 2. The first-order chi connectivity index (χ1) is 9.74. The number of benzene rings is 1. The van der Waals surface area contributed by atoms with Gasteiger partial charge in [0.2, 0.25) is 0 Å². The number of carbonyl (C=O) groups is 1. The van der Waals surface area contributed by atoms with Crippen LogP contribution in [0, 0.1) is 0 Å². The van der Waals surface area contributed by atoms with Gasteiger partial charge in [0.1, 0.15) is 0 Å². The zero-order valence-corrected chi connectivity index (χ0v) is 11.2. The summed E-state index contributed by atoms with van der Waals surface area (Å²) in [6, 6.07) is 10.9. The summed E-state index contributed by atoms with van der Waals surface area (Å²) in [5, 5.41) is 15.3. The first-order valence-corrected chi connectivity index (χ1v) is 6.43. The van der Waals surface area contributed by atoms with Gasteiger partial charge in [0.15, 0.2) is 11.6 Å². The molecule has 0 bridgehead atoms. The summed E-state index contributed by atoms with van der Waals surface area (Å²) in [4.78, 5) is 13.4. The second-order valence-corrected chi connectivity index (χ2v) is 4.18. The SMILES string of the molecule is CCN(CCO)C(=O)Nc1cc(-c2ccccc2)on1. The van der Waals surface area contributed by atoms with Crippen LogP contribution >= 0.6 is 0 Å². The summed E-state index contributed by atoms with van der Waals surface area (Å²) in [5.74, 6) is 0.941. The molecule has 6 nitrogen and oxygen atoms in total. The molecule has 6 heteroatoms. The Balaban J connectivity index is 2.04. The van der Waals surface area contributed by atoms with E-state index in [2.05, 4.69) is 10.5 Å². The zero-order valence-electron chi connectivity index (χ0n) is 11.2. The minimum absolute atomic E-state index is 0.0741. The Morgan fingerprint density at radius 3 is 2.80 bits per heavy atom. The molecule has 0 fully saturated rings. The number of aliphatic hydroxyl groups is 1. The van der Waals surface area contributed by atoms with Crippen molar-refractivity contribution in [2.24, 2.45) is 0 Å². The van der Waals surface area contributed by atoms with Crippen molar-refractivity contribution >= 4 is 11.8 Å². The maximum absolute atomic E-state index is 11.9. The predicted octanol–water partition coefficient (Wildman–Crippen LogP) is 2.19. The molecule has 0 saturated heterocycles. The Hall–Kier alpha value is -2.34. The Kier molecular flexibility index (Phi) is 4.73. The molecule has 2 amide bonds. The molecule has 2 N–H and O–H groups in total. The van der Waals surface area contributed by atoms with E-state index >= 15 is 0 Å². The minimum atomic E-state index is -0.311. The molecule has 106 valence electrons. The van der Waals surface area contributed by atoms with Crippen LogP contribution in [0.2, 0.25) is 0 Å². The largest absolute Gasteiger partial charge is 0.395 e. The molecule has 0 aliphatic rings. The Morgan fingerprint density at radius 2 is 2.15 bits per heavy atom. The monoisotopic (exact) mass is 275 g/mol. The summed E-state index contributed by atoms with van der Waals surface area (Å²) in [5.41, 5.74) is 0.892. The van der Waals surface area contributed by atoms with Crippen LogP contribution in [0.3, 0.4) is 0 Å². The molecule has 20 heavy (non-hydrogen) atoms. The van der Waals surface area contributed by atoms with Crippen LogP contribution in [-0.4, -0.2) is 40.9 Å². The molecule has 0 saturated carbocycles. The number of aromatic nitrogens is 1. The molecular formula is C14H17N3O3. The lowest BCUT2D eigenvalue weighted by Gasteiger charge is -2.18. The Bertz CT molecular complexity index is 554. The number of rotatable bonds is 5. The fraction of sp³-hybridized carbons (Fsp3) is 0.286. The molecule has 0 unspecified atom stereocenters. The average molecular weight is 275 g/mol. The molecule has 1 aromatic heterocycles. The van der Waals surface area contributed by atoms with Crippen LogP contribution in [0.25, 0.3) is 11.3 Å². The lowest BCUT2D eigenvalue weighted by Crippen LogP contribution is -2.36. The molecule has 0 radical (unpaired) electrons. The van der Waals surface area contributed by atoms with Gasteiger partial charge in [-0.2, -0.15) is 0 Å². The van der Waals surface area contributed by atoms with E-state index in [1.54, 1.807) is 6.07 Å². The maximum atomic E-state index is 11.9. The molecule has 1 aromatic carbocycles. The third-order valence-electron chi connectivity index (χ3n) is 2.84. The van der Waals surface area contributed by atoms with Crippen molar-refractivity contribution in [3.8, 4) is 11.3 Å². The minimum Gasteiger partial charge on any atom is -0.395 e. The number of carbonyl (C=O) groups excluding carboxylic acids is 1. The number of nitrogens with one attached hydrogen (secondary N) is 1. The molecule has 1 heterocycles. The van der Waals surface area contributed by atoms with E-state index in [0.29, 0.717) is 18.1 Å². The summed E-state index contributed by atoms with van der Waals surface area (Å²) in [6.07, 6.45) is 0. The van der Waals surface area contributed by atoms with Gasteiger partial charge in [0.25, 0.3) is 0 Å². The lowest BCUT2D eigenvalue weighted by atomic mass is 10.2. The topological polar surface area (TPSA) is 78.6 Å². The highest BCUT2D eigenvalue weighted by molar-refractivity contribution is 5.88. The van der Waals surface area contributed by atoms with Crippen LogP contribution in [0.15, 0.2) is 40.9 Å². The molecule has 2 aromatic rings. The quantitative estimate of drug-likeness (QED) is 0.876. The van der Waals surface area contributed by atoms with Crippen molar-refractivity contribution < 1.29 is 14.4 Å². The summed E-state index contributed by atoms with van der Waals surface area (Å²) in [6.45, 7) is 2.56. The van der Waals surface area contributed by atoms with E-state index in [4.69, 9.17) is 9.63 Å². The number of hydrogen-bond acceptors (Lipinski definition) is 4. The van der Waals surface area contributed by atoms with Gasteiger partial charge in [-0.25, -0.2) is 4.79 Å². The molecular weight excluding hydrogens is 258 g/mol. The summed E-state index contributed by atoms with van der Waals surface area (Å²) >= 11 is 0. The fourth-order valence-corrected chi connectivity index (χ4v) is 1.79. The Morgan fingerprint density at radius 1 is 1.40 bits per heavy atom. The summed E-state index contributed by atoms with van der Waals surface area (Å²) in [7, 11) is 0. The van der Waals surface area contributed by atoms with Crippen LogP contribution in [0.1, 0.15) is 6.92 Å². The molecule has 0 atom stereocenters. The number of amides is 2. The van der Waals surface area contributed by atoms with Gasteiger partial charge >= 0.3 is 6.03 Å². The fourth-order valence-electron chi connectivity index (χ4n) is 1.79. The highest BCUT2D eigenvalue weighted by Crippen LogP contribution is 2.21. The van der Waals surface area contributed by atoms with E-state index in [1.165, 1.54) is 4.90 Å². The van der Waals surface area contributed by atoms with Crippen molar-refractivity contribution in [2.45, 2.75) is 6.92 Å². The van der Waals surface area contributed by atoms with Crippen molar-refractivity contribution in [2.75, 3.05) is 25.0 Å². The smallest absolute Gasteiger partial charge is 0.323 e. The van der Waals surface area contributed by atoms with Crippen LogP contribution in [-0.2, 0) is 0 Å². The maximum Gasteiger partial charge on any atom is 0.323 e. The number of urea groups is 1. The van der Waals surface area contributed by atoms with E-state index in [0.717, 1.165) is 5.56 Å². The van der Waals surface area contributed by atoms with Gasteiger partial charge in [-0.05, 0) is 6.92 Å². The van der Waals surface area contributed by atoms with E-state index in [9.17, 15) is 4.79 Å². The van der Waals surface area contributed by atoms with Crippen LogP contribution in [0.5, 0.6) is 0 Å². The first-order valence-electron chi connectivity index (χ1n) is 6.43. The highest BCUT2D eigenvalue weighted by Gasteiger charge is 2.14. The Labute approximate surface area is 117 Å². The third-order valence-corrected chi connectivity index (χ3v) is 2.84. The molecule has 0 aliphatic heterocycles. The van der Waals surface area contributed by atoms with Gasteiger partial charge < -0.3 is 14.5 Å². The van der Waals surface area contributed by atoms with Gasteiger partial charge in [-0.3, -0.25) is 5.32 Å². The highest BCUT2D eigenvalue weighted by atomic mass is 16.5. The lowest BCUT2D eigenvalue weighted by molar-refractivity contribution is 0.191. The van der Waals surface area contributed by atoms with Crippen LogP contribution < -0.4 is 5.32 Å². The van der Waals surface area contributed by atoms with E-state index in [-0.39, 0.29) is 19.2 Å². The molecule has 0 aliphatic carbocycles. The number of anilines is 1. The summed E-state index contributed by atoms with van der Waals surface area (Å²) < 4.78 is 5.19. The van der Waals surface area contributed by atoms with Crippen molar-refractivity contribution in [3.05, 3.63) is 36.4 Å². The van der Waals surface area contributed by atoms with Gasteiger partial charge in [-0.1, -0.05) is 35.5 Å². The van der Waals surface area contributed by atoms with Crippen molar-refractivity contribution in [3.63, 3.8) is 0 Å².